The van der Waals surface area contributed by atoms with Crippen LogP contribution in [0, 0.1) is 5.82 Å². The second-order valence-corrected chi connectivity index (χ2v) is 2.91. The maximum absolute atomic E-state index is 12.9. The van der Waals surface area contributed by atoms with E-state index in [-0.39, 0.29) is 5.56 Å². The van der Waals surface area contributed by atoms with Gasteiger partial charge in [-0.15, -0.1) is 0 Å². The van der Waals surface area contributed by atoms with E-state index >= 15 is 0 Å². The molecular formula is C9H6F4O2. The molecule has 1 aromatic rings. The Morgan fingerprint density at radius 2 is 1.87 bits per heavy atom. The maximum atomic E-state index is 12.9. The van der Waals surface area contributed by atoms with Crippen molar-refractivity contribution in [2.24, 2.45) is 0 Å². The molecular weight excluding hydrogens is 216 g/mol. The normalized spacial score (nSPS) is 11.5. The summed E-state index contributed by atoms with van der Waals surface area (Å²) in [5.41, 5.74) is -2.06. The first-order valence-electron chi connectivity index (χ1n) is 3.84. The van der Waals surface area contributed by atoms with Crippen LogP contribution in [0.1, 0.15) is 22.8 Å². The van der Waals surface area contributed by atoms with E-state index in [1.165, 1.54) is 0 Å². The molecule has 1 N–H and O–H groups in total. The molecule has 2 nitrogen and oxygen atoms in total. The van der Waals surface area contributed by atoms with Crippen molar-refractivity contribution in [2.75, 3.05) is 0 Å². The monoisotopic (exact) mass is 222 g/mol. The number of phenolic OH excluding ortho intramolecular Hbond substituents is 1. The average Bonchev–Trinajstić information content (AvgIpc) is 1.99. The van der Waals surface area contributed by atoms with E-state index in [4.69, 9.17) is 5.11 Å². The summed E-state index contributed by atoms with van der Waals surface area (Å²) in [7, 11) is 0. The standard InChI is InChI=1S/C9H6F4O2/c1-4(14)5-2-6(10)8(7(15)3-5)9(11,12)13/h2-3,15H,1H3. The van der Waals surface area contributed by atoms with E-state index in [2.05, 4.69) is 0 Å². The van der Waals surface area contributed by atoms with Crippen LogP contribution in [-0.4, -0.2) is 10.9 Å². The Morgan fingerprint density at radius 3 is 2.20 bits per heavy atom. The number of rotatable bonds is 1. The Bertz CT molecular complexity index is 386. The summed E-state index contributed by atoms with van der Waals surface area (Å²) in [6.07, 6.45) is -4.98. The third-order valence-corrected chi connectivity index (χ3v) is 1.76. The second-order valence-electron chi connectivity index (χ2n) is 2.91. The van der Waals surface area contributed by atoms with Gasteiger partial charge in [-0.2, -0.15) is 13.2 Å². The number of aromatic hydroxyl groups is 1. The zero-order valence-corrected chi connectivity index (χ0v) is 7.52. The minimum Gasteiger partial charge on any atom is -0.507 e. The lowest BCUT2D eigenvalue weighted by Crippen LogP contribution is -2.09. The van der Waals surface area contributed by atoms with E-state index in [1.807, 2.05) is 0 Å². The fourth-order valence-electron chi connectivity index (χ4n) is 1.08. The van der Waals surface area contributed by atoms with Crippen LogP contribution in [0.4, 0.5) is 17.6 Å². The SMILES string of the molecule is CC(=O)c1cc(O)c(C(F)(F)F)c(F)c1. The van der Waals surface area contributed by atoms with Gasteiger partial charge in [0.05, 0.1) is 0 Å². The summed E-state index contributed by atoms with van der Waals surface area (Å²) in [5.74, 6) is -3.57. The smallest absolute Gasteiger partial charge is 0.422 e. The largest absolute Gasteiger partial charge is 0.507 e. The number of halogens is 4. The van der Waals surface area contributed by atoms with E-state index in [0.29, 0.717) is 12.1 Å². The summed E-state index contributed by atoms with van der Waals surface area (Å²) in [5, 5.41) is 8.94. The minimum atomic E-state index is -4.98. The van der Waals surface area contributed by atoms with E-state index in [9.17, 15) is 22.4 Å². The highest BCUT2D eigenvalue weighted by Crippen LogP contribution is 2.38. The molecule has 0 heterocycles. The molecule has 0 fully saturated rings. The molecule has 0 unspecified atom stereocenters. The van der Waals surface area contributed by atoms with Gasteiger partial charge in [-0.25, -0.2) is 4.39 Å². The number of benzene rings is 1. The molecule has 0 radical (unpaired) electrons. The Balaban J connectivity index is 3.41. The molecule has 0 aliphatic carbocycles. The van der Waals surface area contributed by atoms with Crippen molar-refractivity contribution in [2.45, 2.75) is 13.1 Å². The number of carbonyl (C=O) groups excluding carboxylic acids is 1. The summed E-state index contributed by atoms with van der Waals surface area (Å²) >= 11 is 0. The summed E-state index contributed by atoms with van der Waals surface area (Å²) in [4.78, 5) is 10.8. The van der Waals surface area contributed by atoms with Crippen molar-refractivity contribution < 1.29 is 27.5 Å². The Hall–Kier alpha value is -1.59. The van der Waals surface area contributed by atoms with Crippen LogP contribution in [0.5, 0.6) is 5.75 Å². The Morgan fingerprint density at radius 1 is 1.33 bits per heavy atom. The third-order valence-electron chi connectivity index (χ3n) is 1.76. The van der Waals surface area contributed by atoms with Crippen LogP contribution in [0.15, 0.2) is 12.1 Å². The second kappa shape index (κ2) is 3.52. The lowest BCUT2D eigenvalue weighted by molar-refractivity contribution is -0.141. The number of hydrogen-bond donors (Lipinski definition) is 1. The summed E-state index contributed by atoms with van der Waals surface area (Å²) in [6, 6.07) is 1.04. The Kier molecular flexibility index (Phi) is 2.70. The van der Waals surface area contributed by atoms with Crippen LogP contribution in [-0.2, 0) is 6.18 Å². The van der Waals surface area contributed by atoms with Crippen molar-refractivity contribution >= 4 is 5.78 Å². The van der Waals surface area contributed by atoms with E-state index in [0.717, 1.165) is 6.92 Å². The molecule has 0 saturated carbocycles. The predicted octanol–water partition coefficient (Wildman–Crippen LogP) is 2.75. The number of phenols is 1. The van der Waals surface area contributed by atoms with Crippen molar-refractivity contribution in [3.05, 3.63) is 29.1 Å². The molecule has 0 aromatic heterocycles. The van der Waals surface area contributed by atoms with Crippen LogP contribution < -0.4 is 0 Å². The zero-order valence-electron chi connectivity index (χ0n) is 7.52. The fourth-order valence-corrected chi connectivity index (χ4v) is 1.08. The topological polar surface area (TPSA) is 37.3 Å². The molecule has 0 spiro atoms. The number of hydrogen-bond acceptors (Lipinski definition) is 2. The van der Waals surface area contributed by atoms with Crippen molar-refractivity contribution in [3.8, 4) is 5.75 Å². The quantitative estimate of drug-likeness (QED) is 0.586. The molecule has 0 aliphatic heterocycles. The highest BCUT2D eigenvalue weighted by molar-refractivity contribution is 5.94. The predicted molar refractivity (Wildman–Crippen MR) is 43.1 cm³/mol. The lowest BCUT2D eigenvalue weighted by Gasteiger charge is -2.10. The van der Waals surface area contributed by atoms with Crippen molar-refractivity contribution in [1.82, 2.24) is 0 Å². The van der Waals surface area contributed by atoms with Gasteiger partial charge in [0.2, 0.25) is 0 Å². The van der Waals surface area contributed by atoms with Gasteiger partial charge >= 0.3 is 6.18 Å². The average molecular weight is 222 g/mol. The fraction of sp³-hybridized carbons (Fsp3) is 0.222. The summed E-state index contributed by atoms with van der Waals surface area (Å²) < 4.78 is 49.4. The molecule has 1 aromatic carbocycles. The lowest BCUT2D eigenvalue weighted by atomic mass is 10.1. The molecule has 6 heteroatoms. The van der Waals surface area contributed by atoms with E-state index < -0.39 is 29.1 Å². The zero-order chi connectivity index (χ0) is 11.8. The van der Waals surface area contributed by atoms with Crippen LogP contribution in [0.25, 0.3) is 0 Å². The van der Waals surface area contributed by atoms with Gasteiger partial charge in [-0.1, -0.05) is 0 Å². The molecule has 15 heavy (non-hydrogen) atoms. The highest BCUT2D eigenvalue weighted by atomic mass is 19.4. The maximum Gasteiger partial charge on any atom is 0.422 e. The van der Waals surface area contributed by atoms with Gasteiger partial charge < -0.3 is 5.11 Å². The van der Waals surface area contributed by atoms with Gasteiger partial charge in [0.15, 0.2) is 5.78 Å². The molecule has 1 rings (SSSR count). The van der Waals surface area contributed by atoms with Crippen LogP contribution >= 0.6 is 0 Å². The van der Waals surface area contributed by atoms with Gasteiger partial charge in [-0.05, 0) is 19.1 Å². The first kappa shape index (κ1) is 11.5. The van der Waals surface area contributed by atoms with Gasteiger partial charge in [0, 0.05) is 5.56 Å². The molecule has 0 bridgehead atoms. The number of ketones is 1. The molecule has 0 atom stereocenters. The first-order chi connectivity index (χ1) is 6.73. The van der Waals surface area contributed by atoms with Crippen LogP contribution in [0.2, 0.25) is 0 Å². The van der Waals surface area contributed by atoms with Gasteiger partial charge in [0.25, 0.3) is 0 Å². The van der Waals surface area contributed by atoms with Crippen LogP contribution in [0.3, 0.4) is 0 Å². The first-order valence-corrected chi connectivity index (χ1v) is 3.84. The van der Waals surface area contributed by atoms with Crippen molar-refractivity contribution in [1.29, 1.82) is 0 Å². The highest BCUT2D eigenvalue weighted by Gasteiger charge is 2.37. The third kappa shape index (κ3) is 2.26. The number of Topliss-reactive ketones (excluding diaryl/α,β-unsaturated/α-hetero) is 1. The number of alkyl halides is 3. The number of carbonyl (C=O) groups is 1. The molecule has 0 saturated heterocycles. The van der Waals surface area contributed by atoms with E-state index in [1.54, 1.807) is 0 Å². The Labute approximate surface area is 82.1 Å². The molecule has 0 amide bonds. The molecule has 82 valence electrons. The molecule has 0 aliphatic rings. The summed E-state index contributed by atoms with van der Waals surface area (Å²) in [6.45, 7) is 1.06. The van der Waals surface area contributed by atoms with Crippen molar-refractivity contribution in [3.63, 3.8) is 0 Å². The van der Waals surface area contributed by atoms with Gasteiger partial charge in [-0.3, -0.25) is 4.79 Å². The van der Waals surface area contributed by atoms with Gasteiger partial charge in [0.1, 0.15) is 17.1 Å². The minimum absolute atomic E-state index is 0.307.